The van der Waals surface area contributed by atoms with Crippen LogP contribution in [0, 0.1) is 0 Å². The molecule has 3 heterocycles. The van der Waals surface area contributed by atoms with Gasteiger partial charge >= 0.3 is 0 Å². The smallest absolute Gasteiger partial charge is 0.295 e. The normalized spacial score (nSPS) is 19.6. The Morgan fingerprint density at radius 3 is 2.59 bits per heavy atom. The number of ether oxygens (including phenoxy) is 3. The highest BCUT2D eigenvalue weighted by Gasteiger charge is 2.46. The Hall–Kier alpha value is -4.33. The van der Waals surface area contributed by atoms with Crippen LogP contribution in [0.2, 0.25) is 0 Å². The molecule has 8 nitrogen and oxygen atoms in total. The number of fused-ring (bicyclic) bond motifs is 1. The van der Waals surface area contributed by atoms with E-state index >= 15 is 0 Å². The van der Waals surface area contributed by atoms with Crippen molar-refractivity contribution in [1.29, 1.82) is 0 Å². The molecular formula is C31H32N2O6. The molecule has 2 atom stereocenters. The Morgan fingerprint density at radius 2 is 1.85 bits per heavy atom. The summed E-state index contributed by atoms with van der Waals surface area (Å²) in [6.07, 6.45) is 4.86. The van der Waals surface area contributed by atoms with Gasteiger partial charge in [-0.3, -0.25) is 14.6 Å². The largest absolute Gasteiger partial charge is 0.507 e. The first-order valence-corrected chi connectivity index (χ1v) is 13.3. The maximum Gasteiger partial charge on any atom is 0.295 e. The summed E-state index contributed by atoms with van der Waals surface area (Å²) in [5.41, 5.74) is 2.89. The minimum Gasteiger partial charge on any atom is -0.507 e. The molecule has 2 aliphatic rings. The number of hydrogen-bond acceptors (Lipinski definition) is 7. The van der Waals surface area contributed by atoms with Crippen LogP contribution in [-0.2, 0) is 22.6 Å². The van der Waals surface area contributed by atoms with Crippen LogP contribution in [0.5, 0.6) is 17.2 Å². The minimum atomic E-state index is -0.832. The third kappa shape index (κ3) is 5.19. The van der Waals surface area contributed by atoms with Crippen molar-refractivity contribution in [3.8, 4) is 17.2 Å². The quantitative estimate of drug-likeness (QED) is 0.231. The number of pyridine rings is 1. The number of aliphatic hydroxyl groups is 1. The number of ketones is 1. The monoisotopic (exact) mass is 528 g/mol. The van der Waals surface area contributed by atoms with Crippen molar-refractivity contribution in [1.82, 2.24) is 9.88 Å². The molecule has 5 rings (SSSR count). The van der Waals surface area contributed by atoms with Gasteiger partial charge in [-0.25, -0.2) is 0 Å². The summed E-state index contributed by atoms with van der Waals surface area (Å²) in [4.78, 5) is 32.5. The van der Waals surface area contributed by atoms with Crippen molar-refractivity contribution in [2.24, 2.45) is 0 Å². The molecule has 1 fully saturated rings. The van der Waals surface area contributed by atoms with Gasteiger partial charge in [-0.15, -0.1) is 0 Å². The fourth-order valence-corrected chi connectivity index (χ4v) is 5.09. The third-order valence-corrected chi connectivity index (χ3v) is 6.86. The Kier molecular flexibility index (Phi) is 7.54. The van der Waals surface area contributed by atoms with Crippen molar-refractivity contribution < 1.29 is 28.9 Å². The molecule has 0 unspecified atom stereocenters. The number of Topliss-reactive ketones (excluding diaryl/α,β-unsaturated/α-hetero) is 1. The number of carbonyl (C=O) groups excluding carboxylic acids is 2. The van der Waals surface area contributed by atoms with E-state index < -0.39 is 17.7 Å². The number of carbonyl (C=O) groups is 2. The van der Waals surface area contributed by atoms with Gasteiger partial charge < -0.3 is 24.2 Å². The van der Waals surface area contributed by atoms with E-state index in [-0.39, 0.29) is 24.0 Å². The van der Waals surface area contributed by atoms with Gasteiger partial charge in [0.1, 0.15) is 17.6 Å². The summed E-state index contributed by atoms with van der Waals surface area (Å²) in [6, 6.07) is 13.5. The highest BCUT2D eigenvalue weighted by atomic mass is 16.5. The van der Waals surface area contributed by atoms with Crippen LogP contribution >= 0.6 is 0 Å². The number of aliphatic hydroxyl groups excluding tert-OH is 1. The lowest BCUT2D eigenvalue weighted by Gasteiger charge is -2.26. The van der Waals surface area contributed by atoms with Gasteiger partial charge in [-0.2, -0.15) is 0 Å². The maximum atomic E-state index is 13.5. The van der Waals surface area contributed by atoms with Crippen LogP contribution in [0.3, 0.4) is 0 Å². The van der Waals surface area contributed by atoms with Gasteiger partial charge in [0, 0.05) is 30.9 Å². The van der Waals surface area contributed by atoms with E-state index in [9.17, 15) is 14.7 Å². The molecule has 3 aromatic rings. The van der Waals surface area contributed by atoms with Crippen LogP contribution in [0.15, 0.2) is 66.5 Å². The van der Waals surface area contributed by atoms with Crippen molar-refractivity contribution in [2.45, 2.75) is 52.3 Å². The summed E-state index contributed by atoms with van der Waals surface area (Å²) in [5, 5.41) is 11.5. The average Bonchev–Trinajstić information content (AvgIpc) is 3.43. The Labute approximate surface area is 227 Å². The minimum absolute atomic E-state index is 0.0330. The second-order valence-corrected chi connectivity index (χ2v) is 9.73. The summed E-state index contributed by atoms with van der Waals surface area (Å²) < 4.78 is 17.5. The van der Waals surface area contributed by atoms with E-state index in [0.29, 0.717) is 42.3 Å². The van der Waals surface area contributed by atoms with Crippen LogP contribution < -0.4 is 14.2 Å². The number of rotatable bonds is 9. The van der Waals surface area contributed by atoms with Gasteiger partial charge in [0.2, 0.25) is 0 Å². The zero-order valence-electron chi connectivity index (χ0n) is 22.3. The Morgan fingerprint density at radius 1 is 1.05 bits per heavy atom. The second-order valence-electron chi connectivity index (χ2n) is 9.73. The molecule has 0 bridgehead atoms. The van der Waals surface area contributed by atoms with Crippen LogP contribution in [0.1, 0.15) is 55.5 Å². The molecule has 0 aliphatic carbocycles. The fraction of sp³-hybridized carbons (Fsp3) is 0.323. The standard InChI is InChI=1S/C31H32N2O6/c1-4-14-38-25-9-6-21(17-26(25)37-5-2)28-27(29(34)22-7-8-24-23(16-22)15-19(3)39-24)30(35)31(36)33(28)18-20-10-12-32-13-11-20/h6-13,16-17,19,28,34H,4-5,14-15,18H2,1-3H3/t19-,28+/m1/s1. The number of amides is 1. The van der Waals surface area contributed by atoms with Gasteiger partial charge in [-0.05, 0) is 79.4 Å². The van der Waals surface area contributed by atoms with Crippen molar-refractivity contribution >= 4 is 17.4 Å². The number of benzene rings is 2. The van der Waals surface area contributed by atoms with Crippen molar-refractivity contribution in [3.63, 3.8) is 0 Å². The molecule has 2 aliphatic heterocycles. The molecule has 1 N–H and O–H groups in total. The molecule has 0 saturated carbocycles. The summed E-state index contributed by atoms with van der Waals surface area (Å²) in [6.45, 7) is 6.99. The first kappa shape index (κ1) is 26.3. The van der Waals surface area contributed by atoms with Gasteiger partial charge in [0.25, 0.3) is 11.7 Å². The van der Waals surface area contributed by atoms with E-state index in [1.165, 1.54) is 4.90 Å². The SMILES string of the molecule is CCCOc1ccc([C@H]2C(=C(O)c3ccc4c(c3)C[C@@H](C)O4)C(=O)C(=O)N2Cc2ccncc2)cc1OCC. The van der Waals surface area contributed by atoms with Crippen molar-refractivity contribution in [3.05, 3.63) is 88.8 Å². The van der Waals surface area contributed by atoms with Crippen LogP contribution in [0.25, 0.3) is 5.76 Å². The molecule has 2 aromatic carbocycles. The highest BCUT2D eigenvalue weighted by molar-refractivity contribution is 6.46. The number of likely N-dealkylation sites (tertiary alicyclic amines) is 1. The van der Waals surface area contributed by atoms with Gasteiger partial charge in [-0.1, -0.05) is 13.0 Å². The first-order chi connectivity index (χ1) is 18.9. The lowest BCUT2D eigenvalue weighted by Crippen LogP contribution is -2.29. The van der Waals surface area contributed by atoms with E-state index in [1.807, 2.05) is 32.9 Å². The summed E-state index contributed by atoms with van der Waals surface area (Å²) in [5.74, 6) is 0.226. The summed E-state index contributed by atoms with van der Waals surface area (Å²) >= 11 is 0. The molecule has 1 aromatic heterocycles. The van der Waals surface area contributed by atoms with Crippen LogP contribution in [0.4, 0.5) is 0 Å². The molecule has 1 amide bonds. The number of nitrogens with zero attached hydrogens (tertiary/aromatic N) is 2. The molecule has 8 heteroatoms. The predicted molar refractivity (Wildman–Crippen MR) is 146 cm³/mol. The Bertz CT molecular complexity index is 1420. The molecule has 39 heavy (non-hydrogen) atoms. The molecule has 202 valence electrons. The first-order valence-electron chi connectivity index (χ1n) is 13.3. The topological polar surface area (TPSA) is 98.2 Å². The molecular weight excluding hydrogens is 496 g/mol. The van der Waals surface area contributed by atoms with Crippen molar-refractivity contribution in [2.75, 3.05) is 13.2 Å². The molecule has 0 radical (unpaired) electrons. The Balaban J connectivity index is 1.63. The van der Waals surface area contributed by atoms with E-state index in [1.54, 1.807) is 48.8 Å². The zero-order valence-corrected chi connectivity index (χ0v) is 22.3. The van der Waals surface area contributed by atoms with E-state index in [2.05, 4.69) is 4.98 Å². The summed E-state index contributed by atoms with van der Waals surface area (Å²) in [7, 11) is 0. The van der Waals surface area contributed by atoms with E-state index in [0.717, 1.165) is 23.3 Å². The molecule has 0 spiro atoms. The maximum absolute atomic E-state index is 13.5. The number of aromatic nitrogens is 1. The average molecular weight is 529 g/mol. The van der Waals surface area contributed by atoms with Gasteiger partial charge in [0.15, 0.2) is 11.5 Å². The number of hydrogen-bond donors (Lipinski definition) is 1. The highest BCUT2D eigenvalue weighted by Crippen LogP contribution is 2.43. The van der Waals surface area contributed by atoms with Crippen LogP contribution in [-0.4, -0.2) is 46.0 Å². The zero-order chi connectivity index (χ0) is 27.5. The lowest BCUT2D eigenvalue weighted by atomic mass is 9.94. The fourth-order valence-electron chi connectivity index (χ4n) is 5.09. The van der Waals surface area contributed by atoms with Gasteiger partial charge in [0.05, 0.1) is 24.8 Å². The van der Waals surface area contributed by atoms with E-state index in [4.69, 9.17) is 14.2 Å². The lowest BCUT2D eigenvalue weighted by molar-refractivity contribution is -0.140. The third-order valence-electron chi connectivity index (χ3n) is 6.86. The second kappa shape index (κ2) is 11.2. The predicted octanol–water partition coefficient (Wildman–Crippen LogP) is 5.21. The molecule has 1 saturated heterocycles.